The SMILES string of the molecule is CNC(=O)OC(C(=O)N[C@@H](Cc1ccccc1)[C@H](O)CNC[C@@H](O)[C@H](Cc1ccccc1)NC(=O)OC(C)(C)C)C(C)(C)C. The molecular weight excluding hydrogens is 564 g/mol. The zero-order valence-corrected chi connectivity index (χ0v) is 26.9. The Morgan fingerprint density at radius 1 is 0.727 bits per heavy atom. The molecule has 0 aliphatic heterocycles. The molecule has 0 bridgehead atoms. The van der Waals surface area contributed by atoms with Crippen LogP contribution in [0.1, 0.15) is 52.7 Å². The second-order valence-corrected chi connectivity index (χ2v) is 12.9. The van der Waals surface area contributed by atoms with Crippen molar-refractivity contribution in [2.45, 2.75) is 90.4 Å². The van der Waals surface area contributed by atoms with Crippen LogP contribution in [0.15, 0.2) is 60.7 Å². The standard InChI is InChI=1S/C33H50N4O7/c1-32(2,3)28(43-30(41)34-7)29(40)36-24(18-22-14-10-8-11-15-22)26(38)20-35-21-27(39)25(19-23-16-12-9-13-17-23)37-31(42)44-33(4,5)6/h8-17,24-28,35,38-39H,18-21H2,1-7H3,(H,34,41)(H,36,40)(H,37,42)/t24-,25-,26+,27+,28?/m0/s1. The van der Waals surface area contributed by atoms with Gasteiger partial charge in [0.1, 0.15) is 5.60 Å². The van der Waals surface area contributed by atoms with E-state index in [9.17, 15) is 24.6 Å². The lowest BCUT2D eigenvalue weighted by atomic mass is 9.88. The summed E-state index contributed by atoms with van der Waals surface area (Å²) in [5.41, 5.74) is 0.395. The summed E-state index contributed by atoms with van der Waals surface area (Å²) in [5, 5.41) is 33.4. The van der Waals surface area contributed by atoms with Crippen LogP contribution in [0, 0.1) is 5.41 Å². The smallest absolute Gasteiger partial charge is 0.407 e. The quantitative estimate of drug-likeness (QED) is 0.190. The molecule has 3 amide bonds. The first-order valence-corrected chi connectivity index (χ1v) is 14.9. The minimum atomic E-state index is -1.11. The maximum atomic E-state index is 13.4. The normalized spacial score (nSPS) is 15.2. The molecule has 0 heterocycles. The number of hydrogen-bond acceptors (Lipinski definition) is 8. The molecule has 11 nitrogen and oxygen atoms in total. The first-order valence-electron chi connectivity index (χ1n) is 14.9. The van der Waals surface area contributed by atoms with Gasteiger partial charge in [-0.2, -0.15) is 0 Å². The Labute approximate surface area is 261 Å². The van der Waals surface area contributed by atoms with Gasteiger partial charge in [0.25, 0.3) is 5.91 Å². The number of carbonyl (C=O) groups excluding carboxylic acids is 3. The maximum Gasteiger partial charge on any atom is 0.407 e. The minimum Gasteiger partial charge on any atom is -0.444 e. The fraction of sp³-hybridized carbons (Fsp3) is 0.545. The minimum absolute atomic E-state index is 0.0236. The van der Waals surface area contributed by atoms with Crippen LogP contribution < -0.4 is 21.3 Å². The van der Waals surface area contributed by atoms with Crippen molar-refractivity contribution >= 4 is 18.1 Å². The summed E-state index contributed by atoms with van der Waals surface area (Å²) >= 11 is 0. The van der Waals surface area contributed by atoms with E-state index in [1.165, 1.54) is 7.05 Å². The third kappa shape index (κ3) is 13.3. The van der Waals surface area contributed by atoms with Crippen LogP contribution >= 0.6 is 0 Å². The molecule has 2 aromatic carbocycles. The van der Waals surface area contributed by atoms with E-state index >= 15 is 0 Å². The molecule has 0 saturated carbocycles. The van der Waals surface area contributed by atoms with Crippen molar-refractivity contribution in [2.75, 3.05) is 20.1 Å². The van der Waals surface area contributed by atoms with Crippen LogP contribution in [0.5, 0.6) is 0 Å². The highest BCUT2D eigenvalue weighted by Gasteiger charge is 2.37. The van der Waals surface area contributed by atoms with Gasteiger partial charge in [-0.3, -0.25) is 4.79 Å². The molecule has 0 aliphatic rings. The molecule has 44 heavy (non-hydrogen) atoms. The van der Waals surface area contributed by atoms with Gasteiger partial charge >= 0.3 is 12.2 Å². The Morgan fingerprint density at radius 2 is 1.18 bits per heavy atom. The van der Waals surface area contributed by atoms with Gasteiger partial charge in [-0.1, -0.05) is 81.4 Å². The number of rotatable bonds is 14. The molecule has 0 spiro atoms. The van der Waals surface area contributed by atoms with E-state index in [1.807, 2.05) is 60.7 Å². The van der Waals surface area contributed by atoms with Crippen LogP contribution in [0.2, 0.25) is 0 Å². The van der Waals surface area contributed by atoms with Crippen molar-refractivity contribution in [1.82, 2.24) is 21.3 Å². The second kappa shape index (κ2) is 17.0. The summed E-state index contributed by atoms with van der Waals surface area (Å²) in [6.45, 7) is 10.7. The van der Waals surface area contributed by atoms with Crippen molar-refractivity contribution in [3.63, 3.8) is 0 Å². The lowest BCUT2D eigenvalue weighted by Crippen LogP contribution is -2.55. The van der Waals surface area contributed by atoms with E-state index in [2.05, 4.69) is 21.3 Å². The van der Waals surface area contributed by atoms with E-state index in [-0.39, 0.29) is 13.1 Å². The number of aliphatic hydroxyl groups is 2. The van der Waals surface area contributed by atoms with Crippen LogP contribution in [-0.2, 0) is 27.1 Å². The van der Waals surface area contributed by atoms with Gasteiger partial charge in [0, 0.05) is 25.6 Å². The molecule has 0 radical (unpaired) electrons. The summed E-state index contributed by atoms with van der Waals surface area (Å²) in [7, 11) is 1.41. The highest BCUT2D eigenvalue weighted by Crippen LogP contribution is 2.23. The number of nitrogens with one attached hydrogen (secondary N) is 4. The Balaban J connectivity index is 2.13. The number of carbonyl (C=O) groups is 3. The summed E-state index contributed by atoms with van der Waals surface area (Å²) in [6.07, 6.45) is -3.91. The molecule has 0 aliphatic carbocycles. The zero-order valence-electron chi connectivity index (χ0n) is 26.9. The predicted octanol–water partition coefficient (Wildman–Crippen LogP) is 2.93. The van der Waals surface area contributed by atoms with E-state index in [0.29, 0.717) is 12.8 Å². The predicted molar refractivity (Wildman–Crippen MR) is 169 cm³/mol. The number of ether oxygens (including phenoxy) is 2. The van der Waals surface area contributed by atoms with Gasteiger partial charge in [0.15, 0.2) is 6.10 Å². The second-order valence-electron chi connectivity index (χ2n) is 12.9. The molecule has 0 fully saturated rings. The van der Waals surface area contributed by atoms with Gasteiger partial charge in [-0.05, 0) is 44.7 Å². The topological polar surface area (TPSA) is 158 Å². The number of hydrogen-bond donors (Lipinski definition) is 6. The van der Waals surface area contributed by atoms with E-state index in [4.69, 9.17) is 9.47 Å². The average Bonchev–Trinajstić information content (AvgIpc) is 2.94. The third-order valence-corrected chi connectivity index (χ3v) is 6.72. The Morgan fingerprint density at radius 3 is 1.59 bits per heavy atom. The van der Waals surface area contributed by atoms with Crippen molar-refractivity contribution in [3.05, 3.63) is 71.8 Å². The van der Waals surface area contributed by atoms with Crippen molar-refractivity contribution in [2.24, 2.45) is 5.41 Å². The lowest BCUT2D eigenvalue weighted by molar-refractivity contribution is -0.136. The lowest BCUT2D eigenvalue weighted by Gasteiger charge is -2.32. The van der Waals surface area contributed by atoms with Crippen molar-refractivity contribution in [1.29, 1.82) is 0 Å². The van der Waals surface area contributed by atoms with Crippen LogP contribution in [0.4, 0.5) is 9.59 Å². The van der Waals surface area contributed by atoms with Gasteiger partial charge < -0.3 is 41.0 Å². The maximum absolute atomic E-state index is 13.4. The molecule has 0 saturated heterocycles. The van der Waals surface area contributed by atoms with Gasteiger partial charge in [-0.15, -0.1) is 0 Å². The first-order chi connectivity index (χ1) is 20.6. The summed E-state index contributed by atoms with van der Waals surface area (Å²) < 4.78 is 10.8. The van der Waals surface area contributed by atoms with Crippen molar-refractivity contribution < 1.29 is 34.1 Å². The van der Waals surface area contributed by atoms with E-state index < -0.39 is 59.5 Å². The summed E-state index contributed by atoms with van der Waals surface area (Å²) in [6, 6.07) is 17.4. The average molecular weight is 615 g/mol. The fourth-order valence-electron chi connectivity index (χ4n) is 4.47. The number of benzene rings is 2. The molecule has 6 N–H and O–H groups in total. The van der Waals surface area contributed by atoms with Crippen LogP contribution in [0.25, 0.3) is 0 Å². The number of amides is 3. The first kappa shape index (κ1) is 36.5. The third-order valence-electron chi connectivity index (χ3n) is 6.72. The Bertz CT molecular complexity index is 1170. The van der Waals surface area contributed by atoms with E-state index in [1.54, 1.807) is 41.5 Å². The largest absolute Gasteiger partial charge is 0.444 e. The van der Waals surface area contributed by atoms with Gasteiger partial charge in [0.2, 0.25) is 0 Å². The zero-order chi connectivity index (χ0) is 32.9. The van der Waals surface area contributed by atoms with Crippen LogP contribution in [-0.4, -0.2) is 84.4 Å². The molecule has 2 rings (SSSR count). The molecule has 1 unspecified atom stereocenters. The van der Waals surface area contributed by atoms with Gasteiger partial charge in [0.05, 0.1) is 24.3 Å². The fourth-order valence-corrected chi connectivity index (χ4v) is 4.47. The molecule has 5 atom stereocenters. The number of alkyl carbamates (subject to hydrolysis) is 2. The monoisotopic (exact) mass is 614 g/mol. The highest BCUT2D eigenvalue weighted by molar-refractivity contribution is 5.84. The molecule has 0 aromatic heterocycles. The molecular formula is C33H50N4O7. The molecule has 11 heteroatoms. The summed E-state index contributed by atoms with van der Waals surface area (Å²) in [5.74, 6) is -0.536. The Kier molecular flexibility index (Phi) is 14.1. The van der Waals surface area contributed by atoms with Gasteiger partial charge in [-0.25, -0.2) is 9.59 Å². The summed E-state index contributed by atoms with van der Waals surface area (Å²) in [4.78, 5) is 37.9. The Hall–Kier alpha value is -3.67. The highest BCUT2D eigenvalue weighted by atomic mass is 16.6. The molecule has 244 valence electrons. The van der Waals surface area contributed by atoms with Crippen LogP contribution in [0.3, 0.4) is 0 Å². The van der Waals surface area contributed by atoms with Crippen molar-refractivity contribution in [3.8, 4) is 0 Å². The van der Waals surface area contributed by atoms with E-state index in [0.717, 1.165) is 11.1 Å². The molecule has 2 aromatic rings. The number of aliphatic hydroxyl groups excluding tert-OH is 2.